The third-order valence-electron chi connectivity index (χ3n) is 2.74. The van der Waals surface area contributed by atoms with Crippen LogP contribution in [0, 0.1) is 0 Å². The average Bonchev–Trinajstić information content (AvgIpc) is 2.84. The topological polar surface area (TPSA) is 83.5 Å². The lowest BCUT2D eigenvalue weighted by Crippen LogP contribution is -2.23. The van der Waals surface area contributed by atoms with Crippen molar-refractivity contribution in [2.75, 3.05) is 0 Å². The van der Waals surface area contributed by atoms with Crippen LogP contribution in [0.25, 0.3) is 0 Å². The maximum absolute atomic E-state index is 12.2. The highest BCUT2D eigenvalue weighted by Gasteiger charge is 2.19. The SMILES string of the molecule is O=C(O)Cc1ccccc1CNS(=O)(=O)c1sccc1Br. The first kappa shape index (κ1) is 16.2. The van der Waals surface area contributed by atoms with E-state index in [9.17, 15) is 13.2 Å². The minimum absolute atomic E-state index is 0.0517. The van der Waals surface area contributed by atoms with Crippen LogP contribution in [0.15, 0.2) is 44.4 Å². The van der Waals surface area contributed by atoms with Gasteiger partial charge in [0.25, 0.3) is 10.0 Å². The van der Waals surface area contributed by atoms with E-state index in [-0.39, 0.29) is 17.2 Å². The summed E-state index contributed by atoms with van der Waals surface area (Å²) in [5, 5.41) is 10.5. The molecule has 8 heteroatoms. The van der Waals surface area contributed by atoms with Crippen LogP contribution < -0.4 is 4.72 Å². The van der Waals surface area contributed by atoms with Crippen molar-refractivity contribution in [2.24, 2.45) is 0 Å². The number of halogens is 1. The number of carboxylic acid groups (broad SMARTS) is 1. The van der Waals surface area contributed by atoms with Crippen molar-refractivity contribution in [3.63, 3.8) is 0 Å². The Bertz CT molecular complexity index is 755. The summed E-state index contributed by atoms with van der Waals surface area (Å²) in [4.78, 5) is 10.8. The van der Waals surface area contributed by atoms with Gasteiger partial charge in [-0.25, -0.2) is 13.1 Å². The molecule has 0 spiro atoms. The van der Waals surface area contributed by atoms with Crippen LogP contribution in [0.2, 0.25) is 0 Å². The van der Waals surface area contributed by atoms with Crippen LogP contribution in [-0.2, 0) is 27.8 Å². The molecule has 0 aliphatic heterocycles. The van der Waals surface area contributed by atoms with Crippen molar-refractivity contribution in [3.8, 4) is 0 Å². The molecule has 112 valence electrons. The fourth-order valence-corrected chi connectivity index (χ4v) is 5.16. The number of nitrogens with one attached hydrogen (secondary N) is 1. The second-order valence-electron chi connectivity index (χ2n) is 4.22. The van der Waals surface area contributed by atoms with Gasteiger partial charge in [-0.15, -0.1) is 11.3 Å². The summed E-state index contributed by atoms with van der Waals surface area (Å²) in [6.45, 7) is 0.0517. The van der Waals surface area contributed by atoms with E-state index in [1.54, 1.807) is 35.7 Å². The number of carbonyl (C=O) groups is 1. The predicted molar refractivity (Wildman–Crippen MR) is 83.8 cm³/mol. The largest absolute Gasteiger partial charge is 0.481 e. The standard InChI is InChI=1S/C13H12BrNO4S2/c14-11-5-6-20-13(11)21(18,19)15-8-10-4-2-1-3-9(10)7-12(16)17/h1-6,15H,7-8H2,(H,16,17). The summed E-state index contributed by atoms with van der Waals surface area (Å²) in [6, 6.07) is 8.53. The van der Waals surface area contributed by atoms with E-state index in [1.165, 1.54) is 0 Å². The lowest BCUT2D eigenvalue weighted by Gasteiger charge is -2.09. The van der Waals surface area contributed by atoms with E-state index in [1.807, 2.05) is 0 Å². The first-order valence-electron chi connectivity index (χ1n) is 5.91. The van der Waals surface area contributed by atoms with Crippen molar-refractivity contribution < 1.29 is 18.3 Å². The van der Waals surface area contributed by atoms with Crippen molar-refractivity contribution in [1.29, 1.82) is 0 Å². The Labute approximate surface area is 134 Å². The number of hydrogen-bond acceptors (Lipinski definition) is 4. The van der Waals surface area contributed by atoms with E-state index in [4.69, 9.17) is 5.11 Å². The van der Waals surface area contributed by atoms with E-state index in [2.05, 4.69) is 20.7 Å². The van der Waals surface area contributed by atoms with Crippen molar-refractivity contribution in [3.05, 3.63) is 51.3 Å². The monoisotopic (exact) mass is 389 g/mol. The highest BCUT2D eigenvalue weighted by atomic mass is 79.9. The lowest BCUT2D eigenvalue weighted by atomic mass is 10.1. The van der Waals surface area contributed by atoms with Crippen molar-refractivity contribution in [2.45, 2.75) is 17.2 Å². The maximum Gasteiger partial charge on any atom is 0.307 e. The van der Waals surface area contributed by atoms with Gasteiger partial charge in [0.05, 0.1) is 6.42 Å². The zero-order valence-corrected chi connectivity index (χ0v) is 14.0. The molecule has 1 heterocycles. The number of thiophene rings is 1. The summed E-state index contributed by atoms with van der Waals surface area (Å²) in [5.41, 5.74) is 1.24. The molecule has 0 saturated carbocycles. The summed E-state index contributed by atoms with van der Waals surface area (Å²) in [6.07, 6.45) is -0.138. The number of rotatable bonds is 6. The number of carboxylic acids is 1. The molecular formula is C13H12BrNO4S2. The first-order valence-corrected chi connectivity index (χ1v) is 9.07. The third kappa shape index (κ3) is 4.13. The molecular weight excluding hydrogens is 378 g/mol. The Kier molecular flexibility index (Phi) is 5.15. The molecule has 2 aromatic rings. The predicted octanol–water partition coefficient (Wildman–Crippen LogP) is 2.62. The van der Waals surface area contributed by atoms with Gasteiger partial charge in [0.2, 0.25) is 0 Å². The molecule has 0 aliphatic rings. The second-order valence-corrected chi connectivity index (χ2v) is 7.95. The third-order valence-corrected chi connectivity index (χ3v) is 6.81. The molecule has 21 heavy (non-hydrogen) atoms. The highest BCUT2D eigenvalue weighted by Crippen LogP contribution is 2.27. The summed E-state index contributed by atoms with van der Waals surface area (Å²) in [7, 11) is -3.62. The molecule has 0 aliphatic carbocycles. The first-order chi connectivity index (χ1) is 9.90. The smallest absolute Gasteiger partial charge is 0.307 e. The normalized spacial score (nSPS) is 11.5. The van der Waals surface area contributed by atoms with Gasteiger partial charge in [0, 0.05) is 11.0 Å². The van der Waals surface area contributed by atoms with Crippen molar-refractivity contribution >= 4 is 43.3 Å². The molecule has 1 aromatic carbocycles. The maximum atomic E-state index is 12.2. The summed E-state index contributed by atoms with van der Waals surface area (Å²) in [5.74, 6) is -0.952. The molecule has 2 N–H and O–H groups in total. The van der Waals surface area contributed by atoms with Gasteiger partial charge in [0.15, 0.2) is 0 Å². The fraction of sp³-hybridized carbons (Fsp3) is 0.154. The Hall–Kier alpha value is -1.22. The number of sulfonamides is 1. The summed E-state index contributed by atoms with van der Waals surface area (Å²) < 4.78 is 27.6. The van der Waals surface area contributed by atoms with Crippen LogP contribution in [-0.4, -0.2) is 19.5 Å². The zero-order valence-electron chi connectivity index (χ0n) is 10.7. The molecule has 5 nitrogen and oxygen atoms in total. The lowest BCUT2D eigenvalue weighted by molar-refractivity contribution is -0.136. The Morgan fingerprint density at radius 1 is 1.24 bits per heavy atom. The van der Waals surface area contributed by atoms with E-state index in [0.29, 0.717) is 15.6 Å². The molecule has 0 radical (unpaired) electrons. The molecule has 1 aromatic heterocycles. The minimum Gasteiger partial charge on any atom is -0.481 e. The Morgan fingerprint density at radius 3 is 2.48 bits per heavy atom. The molecule has 0 saturated heterocycles. The van der Waals surface area contributed by atoms with E-state index < -0.39 is 16.0 Å². The van der Waals surface area contributed by atoms with Gasteiger partial charge in [-0.1, -0.05) is 24.3 Å². The average molecular weight is 390 g/mol. The molecule has 2 rings (SSSR count). The summed E-state index contributed by atoms with van der Waals surface area (Å²) >= 11 is 4.30. The van der Waals surface area contributed by atoms with Crippen LogP contribution in [0.3, 0.4) is 0 Å². The zero-order chi connectivity index (χ0) is 15.5. The van der Waals surface area contributed by atoms with Gasteiger partial charge in [-0.3, -0.25) is 4.79 Å². The molecule has 0 fully saturated rings. The minimum atomic E-state index is -3.62. The van der Waals surface area contributed by atoms with Gasteiger partial charge in [-0.2, -0.15) is 0 Å². The van der Waals surface area contributed by atoms with Gasteiger partial charge in [0.1, 0.15) is 4.21 Å². The Morgan fingerprint density at radius 2 is 1.90 bits per heavy atom. The van der Waals surface area contributed by atoms with Gasteiger partial charge < -0.3 is 5.11 Å². The highest BCUT2D eigenvalue weighted by molar-refractivity contribution is 9.10. The Balaban J connectivity index is 2.17. The quantitative estimate of drug-likeness (QED) is 0.795. The van der Waals surface area contributed by atoms with E-state index >= 15 is 0 Å². The molecule has 0 amide bonds. The van der Waals surface area contributed by atoms with E-state index in [0.717, 1.165) is 11.3 Å². The molecule has 0 unspecified atom stereocenters. The number of hydrogen-bond donors (Lipinski definition) is 2. The van der Waals surface area contributed by atoms with Crippen LogP contribution in [0.4, 0.5) is 0 Å². The second kappa shape index (κ2) is 6.69. The molecule has 0 atom stereocenters. The van der Waals surface area contributed by atoms with Gasteiger partial charge >= 0.3 is 5.97 Å². The van der Waals surface area contributed by atoms with Crippen LogP contribution >= 0.6 is 27.3 Å². The fourth-order valence-electron chi connectivity index (χ4n) is 1.78. The molecule has 0 bridgehead atoms. The van der Waals surface area contributed by atoms with Crippen LogP contribution in [0.1, 0.15) is 11.1 Å². The van der Waals surface area contributed by atoms with Crippen LogP contribution in [0.5, 0.6) is 0 Å². The number of aliphatic carboxylic acids is 1. The number of benzene rings is 1. The van der Waals surface area contributed by atoms with Gasteiger partial charge in [-0.05, 0) is 38.5 Å². The van der Waals surface area contributed by atoms with Crippen molar-refractivity contribution in [1.82, 2.24) is 4.72 Å².